The van der Waals surface area contributed by atoms with Crippen LogP contribution in [0.3, 0.4) is 0 Å². The van der Waals surface area contributed by atoms with Gasteiger partial charge in [0.15, 0.2) is 11.5 Å². The standard InChI is InChI=1S/C27H36N2O5/c1-4-32-23-19-22(20-24(33-5-2)26(23)34-6-3)27(31)29-17-15-28(16-18-29)25(30)14-10-13-21-11-8-7-9-12-21/h7-9,11-12,19-20H,4-6,10,13-18H2,1-3H3. The van der Waals surface area contributed by atoms with Crippen molar-refractivity contribution >= 4 is 11.8 Å². The van der Waals surface area contributed by atoms with Gasteiger partial charge in [0, 0.05) is 38.2 Å². The summed E-state index contributed by atoms with van der Waals surface area (Å²) in [5.41, 5.74) is 1.75. The van der Waals surface area contributed by atoms with Gasteiger partial charge in [0.1, 0.15) is 0 Å². The van der Waals surface area contributed by atoms with E-state index in [1.165, 1.54) is 5.56 Å². The molecule has 0 aliphatic carbocycles. The number of hydrogen-bond donors (Lipinski definition) is 0. The van der Waals surface area contributed by atoms with Crippen molar-refractivity contribution in [2.45, 2.75) is 40.0 Å². The molecule has 0 radical (unpaired) electrons. The van der Waals surface area contributed by atoms with Crippen molar-refractivity contribution in [2.75, 3.05) is 46.0 Å². The summed E-state index contributed by atoms with van der Waals surface area (Å²) in [6, 6.07) is 13.7. The highest BCUT2D eigenvalue weighted by Crippen LogP contribution is 2.39. The minimum Gasteiger partial charge on any atom is -0.490 e. The third-order valence-electron chi connectivity index (χ3n) is 5.77. The highest BCUT2D eigenvalue weighted by Gasteiger charge is 2.26. The number of benzene rings is 2. The lowest BCUT2D eigenvalue weighted by atomic mass is 10.1. The van der Waals surface area contributed by atoms with Crippen LogP contribution in [0, 0.1) is 0 Å². The maximum Gasteiger partial charge on any atom is 0.254 e. The predicted molar refractivity (Wildman–Crippen MR) is 132 cm³/mol. The van der Waals surface area contributed by atoms with Crippen LogP contribution in [0.5, 0.6) is 17.2 Å². The van der Waals surface area contributed by atoms with Gasteiger partial charge in [0.25, 0.3) is 5.91 Å². The van der Waals surface area contributed by atoms with Crippen LogP contribution in [0.4, 0.5) is 0 Å². The fourth-order valence-electron chi connectivity index (χ4n) is 4.10. The molecule has 1 saturated heterocycles. The molecule has 0 unspecified atom stereocenters. The van der Waals surface area contributed by atoms with Crippen LogP contribution in [-0.4, -0.2) is 67.6 Å². The number of nitrogens with zero attached hydrogens (tertiary/aromatic N) is 2. The largest absolute Gasteiger partial charge is 0.490 e. The Kier molecular flexibility index (Phi) is 9.62. The van der Waals surface area contributed by atoms with Gasteiger partial charge < -0.3 is 24.0 Å². The second-order valence-electron chi connectivity index (χ2n) is 8.11. The number of ether oxygens (including phenoxy) is 3. The normalized spacial score (nSPS) is 13.5. The van der Waals surface area contributed by atoms with Crippen LogP contribution in [0.1, 0.15) is 49.5 Å². The highest BCUT2D eigenvalue weighted by molar-refractivity contribution is 5.96. The summed E-state index contributed by atoms with van der Waals surface area (Å²) in [6.45, 7) is 9.15. The van der Waals surface area contributed by atoms with Gasteiger partial charge in [-0.05, 0) is 51.3 Å². The van der Waals surface area contributed by atoms with E-state index in [9.17, 15) is 9.59 Å². The predicted octanol–water partition coefficient (Wildman–Crippen LogP) is 4.19. The van der Waals surface area contributed by atoms with E-state index in [4.69, 9.17) is 14.2 Å². The van der Waals surface area contributed by atoms with Gasteiger partial charge in [-0.25, -0.2) is 0 Å². The lowest BCUT2D eigenvalue weighted by molar-refractivity contribution is -0.132. The molecule has 184 valence electrons. The molecule has 1 heterocycles. The summed E-state index contributed by atoms with van der Waals surface area (Å²) in [7, 11) is 0. The fourth-order valence-corrected chi connectivity index (χ4v) is 4.10. The molecule has 0 bridgehead atoms. The topological polar surface area (TPSA) is 68.3 Å². The first kappa shape index (κ1) is 25.4. The van der Waals surface area contributed by atoms with Gasteiger partial charge in [-0.3, -0.25) is 9.59 Å². The smallest absolute Gasteiger partial charge is 0.254 e. The van der Waals surface area contributed by atoms with Crippen molar-refractivity contribution in [3.8, 4) is 17.2 Å². The summed E-state index contributed by atoms with van der Waals surface area (Å²) in [5.74, 6) is 1.59. The van der Waals surface area contributed by atoms with Gasteiger partial charge in [-0.2, -0.15) is 0 Å². The number of piperazine rings is 1. The molecule has 0 atom stereocenters. The lowest BCUT2D eigenvalue weighted by Crippen LogP contribution is -2.50. The second kappa shape index (κ2) is 12.9. The summed E-state index contributed by atoms with van der Waals surface area (Å²) in [5, 5.41) is 0. The molecule has 0 spiro atoms. The molecular weight excluding hydrogens is 432 g/mol. The Balaban J connectivity index is 1.59. The third kappa shape index (κ3) is 6.65. The van der Waals surface area contributed by atoms with E-state index in [-0.39, 0.29) is 11.8 Å². The molecule has 2 aromatic rings. The number of rotatable bonds is 11. The van der Waals surface area contributed by atoms with Crippen molar-refractivity contribution < 1.29 is 23.8 Å². The Hall–Kier alpha value is -3.22. The van der Waals surface area contributed by atoms with Crippen LogP contribution in [0.25, 0.3) is 0 Å². The number of carbonyl (C=O) groups is 2. The maximum absolute atomic E-state index is 13.3. The molecule has 3 rings (SSSR count). The Morgan fingerprint density at radius 1 is 0.794 bits per heavy atom. The highest BCUT2D eigenvalue weighted by atomic mass is 16.5. The lowest BCUT2D eigenvalue weighted by Gasteiger charge is -2.35. The zero-order valence-electron chi connectivity index (χ0n) is 20.5. The summed E-state index contributed by atoms with van der Waals surface area (Å²) >= 11 is 0. The van der Waals surface area contributed by atoms with E-state index < -0.39 is 0 Å². The molecule has 0 N–H and O–H groups in total. The van der Waals surface area contributed by atoms with E-state index in [1.54, 1.807) is 17.0 Å². The monoisotopic (exact) mass is 468 g/mol. The van der Waals surface area contributed by atoms with Gasteiger partial charge in [0.05, 0.1) is 19.8 Å². The molecule has 0 aromatic heterocycles. The van der Waals surface area contributed by atoms with Gasteiger partial charge in [-0.15, -0.1) is 0 Å². The first-order valence-electron chi connectivity index (χ1n) is 12.2. The molecule has 7 nitrogen and oxygen atoms in total. The average Bonchev–Trinajstić information content (AvgIpc) is 2.86. The fraction of sp³-hybridized carbons (Fsp3) is 0.481. The Labute approximate surface area is 202 Å². The van der Waals surface area contributed by atoms with E-state index in [1.807, 2.05) is 43.9 Å². The summed E-state index contributed by atoms with van der Waals surface area (Å²) in [4.78, 5) is 29.6. The molecule has 34 heavy (non-hydrogen) atoms. The van der Waals surface area contributed by atoms with E-state index in [2.05, 4.69) is 12.1 Å². The van der Waals surface area contributed by atoms with Crippen LogP contribution >= 0.6 is 0 Å². The molecule has 2 aromatic carbocycles. The zero-order chi connectivity index (χ0) is 24.3. The first-order chi connectivity index (χ1) is 16.6. The van der Waals surface area contributed by atoms with Gasteiger partial charge in [-0.1, -0.05) is 30.3 Å². The molecule has 1 aliphatic heterocycles. The van der Waals surface area contributed by atoms with E-state index >= 15 is 0 Å². The Morgan fingerprint density at radius 3 is 1.91 bits per heavy atom. The van der Waals surface area contributed by atoms with Crippen LogP contribution in [0.15, 0.2) is 42.5 Å². The van der Waals surface area contributed by atoms with Crippen LogP contribution < -0.4 is 14.2 Å². The van der Waals surface area contributed by atoms with Crippen molar-refractivity contribution in [3.05, 3.63) is 53.6 Å². The number of hydrogen-bond acceptors (Lipinski definition) is 5. The number of aryl methyl sites for hydroxylation is 1. The molecule has 2 amide bonds. The molecule has 1 fully saturated rings. The van der Waals surface area contributed by atoms with Crippen molar-refractivity contribution in [1.82, 2.24) is 9.80 Å². The minimum absolute atomic E-state index is 0.0962. The SMILES string of the molecule is CCOc1cc(C(=O)N2CCN(C(=O)CCCc3ccccc3)CC2)cc(OCC)c1OCC. The second-order valence-corrected chi connectivity index (χ2v) is 8.11. The van der Waals surface area contributed by atoms with Crippen molar-refractivity contribution in [2.24, 2.45) is 0 Å². The Bertz CT molecular complexity index is 912. The first-order valence-corrected chi connectivity index (χ1v) is 12.2. The van der Waals surface area contributed by atoms with Gasteiger partial charge >= 0.3 is 0 Å². The van der Waals surface area contributed by atoms with E-state index in [0.29, 0.717) is 75.2 Å². The van der Waals surface area contributed by atoms with Crippen molar-refractivity contribution in [3.63, 3.8) is 0 Å². The average molecular weight is 469 g/mol. The molecule has 1 aliphatic rings. The van der Waals surface area contributed by atoms with Crippen LogP contribution in [-0.2, 0) is 11.2 Å². The van der Waals surface area contributed by atoms with Crippen molar-refractivity contribution in [1.29, 1.82) is 0 Å². The van der Waals surface area contributed by atoms with E-state index in [0.717, 1.165) is 12.8 Å². The van der Waals surface area contributed by atoms with Gasteiger partial charge in [0.2, 0.25) is 11.7 Å². The molecule has 7 heteroatoms. The van der Waals surface area contributed by atoms with Crippen LogP contribution in [0.2, 0.25) is 0 Å². The Morgan fingerprint density at radius 2 is 1.35 bits per heavy atom. The number of amides is 2. The summed E-state index contributed by atoms with van der Waals surface area (Å²) < 4.78 is 17.2. The summed E-state index contributed by atoms with van der Waals surface area (Å²) in [6.07, 6.45) is 2.25. The zero-order valence-corrected chi connectivity index (χ0v) is 20.5. The quantitative estimate of drug-likeness (QED) is 0.495. The minimum atomic E-state index is -0.0962. The molecular formula is C27H36N2O5. The molecule has 0 saturated carbocycles. The number of carbonyl (C=O) groups excluding carboxylic acids is 2. The maximum atomic E-state index is 13.3. The third-order valence-corrected chi connectivity index (χ3v) is 5.77.